The Balaban J connectivity index is 1.24. The van der Waals surface area contributed by atoms with Crippen LogP contribution in [0.25, 0.3) is 11.6 Å². The average molecular weight is 370 g/mol. The van der Waals surface area contributed by atoms with Crippen LogP contribution in [0.4, 0.5) is 0 Å². The Hall–Kier alpha value is -2.55. The molecule has 8 nitrogen and oxygen atoms in total. The van der Waals surface area contributed by atoms with E-state index in [-0.39, 0.29) is 11.9 Å². The van der Waals surface area contributed by atoms with Crippen molar-refractivity contribution in [2.24, 2.45) is 0 Å². The molecule has 9 heteroatoms. The smallest absolute Gasteiger partial charge is 0.280 e. The minimum absolute atomic E-state index is 0.134. The van der Waals surface area contributed by atoms with Crippen molar-refractivity contribution < 1.29 is 9.32 Å². The zero-order chi connectivity index (χ0) is 17.5. The Morgan fingerprint density at radius 1 is 1.35 bits per heavy atom. The number of amides is 1. The molecule has 3 aromatic heterocycles. The van der Waals surface area contributed by atoms with Gasteiger partial charge in [-0.25, -0.2) is 4.68 Å². The van der Waals surface area contributed by atoms with E-state index in [4.69, 9.17) is 4.52 Å². The third-order valence-electron chi connectivity index (χ3n) is 4.91. The highest BCUT2D eigenvalue weighted by molar-refractivity contribution is 7.10. The first-order valence-electron chi connectivity index (χ1n) is 8.82. The van der Waals surface area contributed by atoms with Gasteiger partial charge in [-0.15, -0.1) is 16.4 Å². The third kappa shape index (κ3) is 3.03. The molecular formula is C17H18N6O2S. The molecule has 2 fully saturated rings. The number of hydrogen-bond acceptors (Lipinski definition) is 7. The molecule has 4 heterocycles. The zero-order valence-electron chi connectivity index (χ0n) is 14.1. The first kappa shape index (κ1) is 15.7. The van der Waals surface area contributed by atoms with E-state index < -0.39 is 0 Å². The van der Waals surface area contributed by atoms with Crippen LogP contribution in [0.15, 0.2) is 28.2 Å². The number of thiophene rings is 1. The SMILES string of the molecule is O=C(Cc1cccs1)N1CC[C@H](n2cc(-c3nc(C4CC4)no3)nn2)C1. The van der Waals surface area contributed by atoms with Gasteiger partial charge in [-0.2, -0.15) is 4.98 Å². The topological polar surface area (TPSA) is 89.9 Å². The molecule has 0 N–H and O–H groups in total. The van der Waals surface area contributed by atoms with Crippen LogP contribution in [0, 0.1) is 0 Å². The van der Waals surface area contributed by atoms with Gasteiger partial charge in [0.2, 0.25) is 5.91 Å². The predicted molar refractivity (Wildman–Crippen MR) is 93.5 cm³/mol. The van der Waals surface area contributed by atoms with Crippen molar-refractivity contribution in [1.29, 1.82) is 0 Å². The molecule has 0 bridgehead atoms. The molecule has 5 rings (SSSR count). The van der Waals surface area contributed by atoms with E-state index in [0.29, 0.717) is 30.5 Å². The van der Waals surface area contributed by atoms with Crippen molar-refractivity contribution in [3.8, 4) is 11.6 Å². The molecule has 1 amide bonds. The Labute approximate surface area is 153 Å². The molecule has 1 saturated heterocycles. The fourth-order valence-electron chi connectivity index (χ4n) is 3.26. The molecule has 0 aromatic carbocycles. The summed E-state index contributed by atoms with van der Waals surface area (Å²) in [6.45, 7) is 1.40. The molecule has 1 aliphatic carbocycles. The molecule has 0 unspecified atom stereocenters. The molecule has 1 atom stereocenters. The summed E-state index contributed by atoms with van der Waals surface area (Å²) in [6.07, 6.45) is 5.43. The highest BCUT2D eigenvalue weighted by atomic mass is 32.1. The van der Waals surface area contributed by atoms with E-state index in [1.165, 1.54) is 0 Å². The van der Waals surface area contributed by atoms with Gasteiger partial charge in [0.15, 0.2) is 11.5 Å². The second kappa shape index (κ2) is 6.31. The largest absolute Gasteiger partial charge is 0.340 e. The quantitative estimate of drug-likeness (QED) is 0.684. The lowest BCUT2D eigenvalue weighted by atomic mass is 10.3. The number of aromatic nitrogens is 5. The Kier molecular flexibility index (Phi) is 3.81. The van der Waals surface area contributed by atoms with Crippen molar-refractivity contribution in [2.75, 3.05) is 13.1 Å². The third-order valence-corrected chi connectivity index (χ3v) is 5.79. The van der Waals surface area contributed by atoms with Crippen molar-refractivity contribution in [2.45, 2.75) is 37.6 Å². The molecule has 2 aliphatic rings. The number of carbonyl (C=O) groups is 1. The second-order valence-corrected chi connectivity index (χ2v) is 7.89. The van der Waals surface area contributed by atoms with Gasteiger partial charge in [-0.1, -0.05) is 16.4 Å². The summed E-state index contributed by atoms with van der Waals surface area (Å²) >= 11 is 1.62. The van der Waals surface area contributed by atoms with Gasteiger partial charge in [0.1, 0.15) is 0 Å². The van der Waals surface area contributed by atoms with E-state index in [1.54, 1.807) is 11.3 Å². The van der Waals surface area contributed by atoms with E-state index in [1.807, 2.05) is 33.3 Å². The normalized spacial score (nSPS) is 20.0. The van der Waals surface area contributed by atoms with Crippen LogP contribution in [-0.4, -0.2) is 49.0 Å². The average Bonchev–Trinajstić information content (AvgIpc) is 3.18. The Morgan fingerprint density at radius 3 is 3.08 bits per heavy atom. The summed E-state index contributed by atoms with van der Waals surface area (Å²) in [5, 5.41) is 14.4. The minimum atomic E-state index is 0.134. The predicted octanol–water partition coefficient (Wildman–Crippen LogP) is 2.28. The molecule has 0 radical (unpaired) electrons. The van der Waals surface area contributed by atoms with E-state index in [9.17, 15) is 4.79 Å². The monoisotopic (exact) mass is 370 g/mol. The summed E-state index contributed by atoms with van der Waals surface area (Å²) in [4.78, 5) is 19.9. The maximum atomic E-state index is 12.4. The zero-order valence-corrected chi connectivity index (χ0v) is 14.9. The lowest BCUT2D eigenvalue weighted by Gasteiger charge is -2.16. The molecule has 134 valence electrons. The molecular weight excluding hydrogens is 352 g/mol. The Morgan fingerprint density at radius 2 is 2.27 bits per heavy atom. The highest BCUT2D eigenvalue weighted by Crippen LogP contribution is 2.38. The van der Waals surface area contributed by atoms with Gasteiger partial charge in [0, 0.05) is 23.9 Å². The van der Waals surface area contributed by atoms with Crippen LogP contribution >= 0.6 is 11.3 Å². The number of hydrogen-bond donors (Lipinski definition) is 0. The van der Waals surface area contributed by atoms with E-state index in [0.717, 1.165) is 36.5 Å². The van der Waals surface area contributed by atoms with Crippen molar-refractivity contribution in [3.05, 3.63) is 34.4 Å². The summed E-state index contributed by atoms with van der Waals surface area (Å²) < 4.78 is 7.12. The van der Waals surface area contributed by atoms with Gasteiger partial charge >= 0.3 is 0 Å². The summed E-state index contributed by atoms with van der Waals surface area (Å²) in [6, 6.07) is 4.11. The maximum Gasteiger partial charge on any atom is 0.280 e. The number of likely N-dealkylation sites (tertiary alicyclic amines) is 1. The lowest BCUT2D eigenvalue weighted by molar-refractivity contribution is -0.129. The molecule has 1 saturated carbocycles. The van der Waals surface area contributed by atoms with Crippen LogP contribution < -0.4 is 0 Å². The van der Waals surface area contributed by atoms with E-state index in [2.05, 4.69) is 20.5 Å². The molecule has 1 aliphatic heterocycles. The van der Waals surface area contributed by atoms with Crippen molar-refractivity contribution >= 4 is 17.2 Å². The van der Waals surface area contributed by atoms with Gasteiger partial charge in [-0.3, -0.25) is 4.79 Å². The minimum Gasteiger partial charge on any atom is -0.340 e. The summed E-state index contributed by atoms with van der Waals surface area (Å²) in [5.41, 5.74) is 0.591. The van der Waals surface area contributed by atoms with Crippen LogP contribution in [0.2, 0.25) is 0 Å². The summed E-state index contributed by atoms with van der Waals surface area (Å²) in [7, 11) is 0. The van der Waals surface area contributed by atoms with Gasteiger partial charge in [-0.05, 0) is 30.7 Å². The van der Waals surface area contributed by atoms with Crippen LogP contribution in [0.5, 0.6) is 0 Å². The first-order chi connectivity index (χ1) is 12.8. The molecule has 0 spiro atoms. The lowest BCUT2D eigenvalue weighted by Crippen LogP contribution is -2.30. The number of rotatable bonds is 5. The molecule has 3 aromatic rings. The first-order valence-corrected chi connectivity index (χ1v) is 9.70. The molecule has 26 heavy (non-hydrogen) atoms. The van der Waals surface area contributed by atoms with Crippen molar-refractivity contribution in [3.63, 3.8) is 0 Å². The fraction of sp³-hybridized carbons (Fsp3) is 0.471. The number of carbonyl (C=O) groups excluding carboxylic acids is 1. The van der Waals surface area contributed by atoms with E-state index >= 15 is 0 Å². The maximum absolute atomic E-state index is 12.4. The fourth-order valence-corrected chi connectivity index (χ4v) is 3.95. The van der Waals surface area contributed by atoms with Gasteiger partial charge in [0.05, 0.1) is 18.7 Å². The van der Waals surface area contributed by atoms with Crippen LogP contribution in [0.3, 0.4) is 0 Å². The number of nitrogens with zero attached hydrogens (tertiary/aromatic N) is 6. The van der Waals surface area contributed by atoms with Crippen LogP contribution in [0.1, 0.15) is 41.9 Å². The Bertz CT molecular complexity index is 913. The van der Waals surface area contributed by atoms with Crippen molar-refractivity contribution in [1.82, 2.24) is 30.0 Å². The van der Waals surface area contributed by atoms with Gasteiger partial charge in [0.25, 0.3) is 5.89 Å². The second-order valence-electron chi connectivity index (χ2n) is 6.85. The van der Waals surface area contributed by atoms with Gasteiger partial charge < -0.3 is 9.42 Å². The standard InChI is InChI=1S/C17H18N6O2S/c24-15(8-13-2-1-7-26-13)22-6-5-12(9-22)23-10-14(19-21-23)17-18-16(20-25-17)11-3-4-11/h1-2,7,10-12H,3-6,8-9H2/t12-/m0/s1. The highest BCUT2D eigenvalue weighted by Gasteiger charge is 2.31. The van der Waals surface area contributed by atoms with Crippen LogP contribution in [-0.2, 0) is 11.2 Å². The summed E-state index contributed by atoms with van der Waals surface area (Å²) in [5.74, 6) is 1.80.